The van der Waals surface area contributed by atoms with E-state index >= 15 is 0 Å². The first kappa shape index (κ1) is 12.0. The molecule has 1 rings (SSSR count). The van der Waals surface area contributed by atoms with Crippen LogP contribution in [0.5, 0.6) is 0 Å². The molecule has 1 aliphatic heterocycles. The molecular formula is C11H25N3. The van der Waals surface area contributed by atoms with E-state index in [-0.39, 0.29) is 6.17 Å². The second-order valence-corrected chi connectivity index (χ2v) is 4.35. The lowest BCUT2D eigenvalue weighted by Gasteiger charge is -2.42. The maximum Gasteiger partial charge on any atom is 0.0572 e. The van der Waals surface area contributed by atoms with Gasteiger partial charge in [-0.3, -0.25) is 4.90 Å². The highest BCUT2D eigenvalue weighted by Crippen LogP contribution is 2.22. The highest BCUT2D eigenvalue weighted by molar-refractivity contribution is 4.86. The van der Waals surface area contributed by atoms with Gasteiger partial charge < -0.3 is 11.5 Å². The zero-order valence-electron chi connectivity index (χ0n) is 9.58. The molecule has 84 valence electrons. The van der Waals surface area contributed by atoms with Crippen molar-refractivity contribution in [3.05, 3.63) is 0 Å². The Morgan fingerprint density at radius 1 is 1.21 bits per heavy atom. The van der Waals surface area contributed by atoms with Gasteiger partial charge in [-0.15, -0.1) is 0 Å². The normalized spacial score (nSPS) is 28.7. The fraction of sp³-hybridized carbons (Fsp3) is 1.00. The van der Waals surface area contributed by atoms with Crippen LogP contribution >= 0.6 is 0 Å². The summed E-state index contributed by atoms with van der Waals surface area (Å²) in [6.07, 6.45) is 6.09. The highest BCUT2D eigenvalue weighted by Gasteiger charge is 2.29. The Bertz CT molecular complexity index is 143. The molecule has 1 heterocycles. The van der Waals surface area contributed by atoms with Gasteiger partial charge in [0.2, 0.25) is 0 Å². The van der Waals surface area contributed by atoms with Crippen molar-refractivity contribution in [3.63, 3.8) is 0 Å². The molecule has 0 aromatic carbocycles. The van der Waals surface area contributed by atoms with Gasteiger partial charge in [0.1, 0.15) is 0 Å². The molecule has 0 aromatic rings. The van der Waals surface area contributed by atoms with Gasteiger partial charge in [-0.25, -0.2) is 0 Å². The molecule has 1 aliphatic rings. The minimum Gasteiger partial charge on any atom is -0.326 e. The van der Waals surface area contributed by atoms with Crippen LogP contribution in [0.1, 0.15) is 46.0 Å². The molecule has 0 saturated carbocycles. The SMILES string of the molecule is CCC(N)C1CCCCN1C(N)CC. The minimum atomic E-state index is 0.206. The summed E-state index contributed by atoms with van der Waals surface area (Å²) in [6.45, 7) is 5.44. The molecule has 0 amide bonds. The quantitative estimate of drug-likeness (QED) is 0.717. The van der Waals surface area contributed by atoms with E-state index in [2.05, 4.69) is 18.7 Å². The van der Waals surface area contributed by atoms with Crippen LogP contribution < -0.4 is 11.5 Å². The number of nitrogens with two attached hydrogens (primary N) is 2. The minimum absolute atomic E-state index is 0.206. The summed E-state index contributed by atoms with van der Waals surface area (Å²) in [5, 5.41) is 0. The number of hydrogen-bond acceptors (Lipinski definition) is 3. The number of hydrogen-bond donors (Lipinski definition) is 2. The van der Waals surface area contributed by atoms with Gasteiger partial charge in [0.05, 0.1) is 6.17 Å². The molecular weight excluding hydrogens is 174 g/mol. The predicted octanol–water partition coefficient (Wildman–Crippen LogP) is 1.27. The summed E-state index contributed by atoms with van der Waals surface area (Å²) < 4.78 is 0. The summed E-state index contributed by atoms with van der Waals surface area (Å²) in [6, 6.07) is 0.816. The highest BCUT2D eigenvalue weighted by atomic mass is 15.3. The van der Waals surface area contributed by atoms with Crippen molar-refractivity contribution >= 4 is 0 Å². The number of nitrogens with zero attached hydrogens (tertiary/aromatic N) is 1. The van der Waals surface area contributed by atoms with Crippen LogP contribution in [0.15, 0.2) is 0 Å². The van der Waals surface area contributed by atoms with Gasteiger partial charge in [-0.2, -0.15) is 0 Å². The van der Waals surface area contributed by atoms with Gasteiger partial charge >= 0.3 is 0 Å². The first-order chi connectivity index (χ1) is 6.70. The van der Waals surface area contributed by atoms with Gasteiger partial charge in [0, 0.05) is 12.1 Å². The fourth-order valence-corrected chi connectivity index (χ4v) is 2.36. The molecule has 0 aliphatic carbocycles. The lowest BCUT2D eigenvalue weighted by Crippen LogP contribution is -2.56. The Morgan fingerprint density at radius 3 is 2.50 bits per heavy atom. The third-order valence-electron chi connectivity index (χ3n) is 3.40. The Balaban J connectivity index is 2.58. The smallest absolute Gasteiger partial charge is 0.0572 e. The van der Waals surface area contributed by atoms with Crippen molar-refractivity contribution < 1.29 is 0 Å². The second kappa shape index (κ2) is 5.69. The summed E-state index contributed by atoms with van der Waals surface area (Å²) in [5.41, 5.74) is 12.2. The van der Waals surface area contributed by atoms with E-state index in [0.717, 1.165) is 19.4 Å². The summed E-state index contributed by atoms with van der Waals surface area (Å²) >= 11 is 0. The maximum absolute atomic E-state index is 6.13. The zero-order chi connectivity index (χ0) is 10.6. The Kier molecular flexibility index (Phi) is 4.85. The van der Waals surface area contributed by atoms with Crippen LogP contribution in [0, 0.1) is 0 Å². The van der Waals surface area contributed by atoms with Crippen LogP contribution in [-0.2, 0) is 0 Å². The first-order valence-electron chi connectivity index (χ1n) is 5.97. The van der Waals surface area contributed by atoms with E-state index in [0.29, 0.717) is 12.1 Å². The standard InChI is InChI=1S/C11H25N3/c1-3-9(12)10-7-5-6-8-14(10)11(13)4-2/h9-11H,3-8,12-13H2,1-2H3. The molecule has 1 fully saturated rings. The van der Waals surface area contributed by atoms with Crippen molar-refractivity contribution in [3.8, 4) is 0 Å². The molecule has 14 heavy (non-hydrogen) atoms. The molecule has 0 bridgehead atoms. The largest absolute Gasteiger partial charge is 0.326 e. The lowest BCUT2D eigenvalue weighted by molar-refractivity contribution is 0.0770. The van der Waals surface area contributed by atoms with Crippen molar-refractivity contribution in [1.82, 2.24) is 4.90 Å². The fourth-order valence-electron chi connectivity index (χ4n) is 2.36. The number of likely N-dealkylation sites (tertiary alicyclic amines) is 1. The zero-order valence-corrected chi connectivity index (χ0v) is 9.58. The molecule has 4 N–H and O–H groups in total. The van der Waals surface area contributed by atoms with E-state index in [9.17, 15) is 0 Å². The molecule has 0 aromatic heterocycles. The van der Waals surface area contributed by atoms with E-state index < -0.39 is 0 Å². The number of rotatable bonds is 4. The third kappa shape index (κ3) is 2.69. The summed E-state index contributed by atoms with van der Waals surface area (Å²) in [5.74, 6) is 0. The Labute approximate surface area is 87.8 Å². The van der Waals surface area contributed by atoms with Crippen molar-refractivity contribution in [2.75, 3.05) is 6.54 Å². The molecule has 3 heteroatoms. The van der Waals surface area contributed by atoms with Crippen LogP contribution in [0.25, 0.3) is 0 Å². The third-order valence-corrected chi connectivity index (χ3v) is 3.40. The maximum atomic E-state index is 6.13. The Hall–Kier alpha value is -0.120. The van der Waals surface area contributed by atoms with Crippen molar-refractivity contribution in [2.45, 2.75) is 64.2 Å². The van der Waals surface area contributed by atoms with E-state index in [4.69, 9.17) is 11.5 Å². The summed E-state index contributed by atoms with van der Waals surface area (Å²) in [7, 11) is 0. The average molecular weight is 199 g/mol. The predicted molar refractivity (Wildman–Crippen MR) is 60.9 cm³/mol. The lowest BCUT2D eigenvalue weighted by atomic mass is 9.94. The van der Waals surface area contributed by atoms with Crippen molar-refractivity contribution in [2.24, 2.45) is 11.5 Å². The molecule has 3 nitrogen and oxygen atoms in total. The van der Waals surface area contributed by atoms with Crippen LogP contribution in [-0.4, -0.2) is 29.7 Å². The Morgan fingerprint density at radius 2 is 1.93 bits per heavy atom. The monoisotopic (exact) mass is 199 g/mol. The molecule has 3 atom stereocenters. The van der Waals surface area contributed by atoms with Gasteiger partial charge in [0.15, 0.2) is 0 Å². The van der Waals surface area contributed by atoms with Gasteiger partial charge in [0.25, 0.3) is 0 Å². The van der Waals surface area contributed by atoms with Crippen molar-refractivity contribution in [1.29, 1.82) is 0 Å². The molecule has 0 spiro atoms. The van der Waals surface area contributed by atoms with E-state index in [1.807, 2.05) is 0 Å². The molecule has 3 unspecified atom stereocenters. The second-order valence-electron chi connectivity index (χ2n) is 4.35. The molecule has 1 saturated heterocycles. The van der Waals surface area contributed by atoms with Crippen LogP contribution in [0.3, 0.4) is 0 Å². The van der Waals surface area contributed by atoms with Gasteiger partial charge in [-0.1, -0.05) is 20.3 Å². The van der Waals surface area contributed by atoms with Crippen LogP contribution in [0.2, 0.25) is 0 Å². The van der Waals surface area contributed by atoms with Gasteiger partial charge in [-0.05, 0) is 32.2 Å². The van der Waals surface area contributed by atoms with Crippen LogP contribution in [0.4, 0.5) is 0 Å². The summed E-state index contributed by atoms with van der Waals surface area (Å²) in [4.78, 5) is 2.41. The van der Waals surface area contributed by atoms with E-state index in [1.165, 1.54) is 19.3 Å². The topological polar surface area (TPSA) is 55.3 Å². The molecule has 0 radical (unpaired) electrons. The van der Waals surface area contributed by atoms with E-state index in [1.54, 1.807) is 0 Å². The number of piperidine rings is 1. The first-order valence-corrected chi connectivity index (χ1v) is 5.97. The average Bonchev–Trinajstić information content (AvgIpc) is 2.27.